The van der Waals surface area contributed by atoms with Crippen LogP contribution in [-0.4, -0.2) is 24.9 Å². The largest absolute Gasteiger partial charge is 0.244 e. The maximum Gasteiger partial charge on any atom is 0.226 e. The van der Waals surface area contributed by atoms with Gasteiger partial charge < -0.3 is 0 Å². The van der Waals surface area contributed by atoms with Gasteiger partial charge in [-0.15, -0.1) is 0 Å². The molecule has 4 aromatic carbocycles. The van der Waals surface area contributed by atoms with E-state index in [4.69, 9.17) is 21.6 Å². The molecule has 35 heavy (non-hydrogen) atoms. The van der Waals surface area contributed by atoms with Crippen molar-refractivity contribution in [2.45, 2.75) is 0 Å². The van der Waals surface area contributed by atoms with Gasteiger partial charge in [0.25, 0.3) is 0 Å². The summed E-state index contributed by atoms with van der Waals surface area (Å²) in [6, 6.07) is 35.7. The van der Waals surface area contributed by atoms with E-state index in [0.29, 0.717) is 11.6 Å². The third-order valence-electron chi connectivity index (χ3n) is 5.67. The van der Waals surface area contributed by atoms with Crippen molar-refractivity contribution >= 4 is 22.6 Å². The molecule has 0 unspecified atom stereocenters. The van der Waals surface area contributed by atoms with Crippen LogP contribution in [0.5, 0.6) is 0 Å². The molecule has 0 N–H and O–H groups in total. The van der Waals surface area contributed by atoms with Gasteiger partial charge in [-0.05, 0) is 23.7 Å². The zero-order valence-corrected chi connectivity index (χ0v) is 19.3. The van der Waals surface area contributed by atoms with Gasteiger partial charge in [0.15, 0.2) is 11.6 Å². The molecule has 6 rings (SSSR count). The Bertz CT molecular complexity index is 1640. The quantitative estimate of drug-likeness (QED) is 0.273. The minimum Gasteiger partial charge on any atom is -0.244 e. The van der Waals surface area contributed by atoms with Gasteiger partial charge in [0.1, 0.15) is 0 Å². The van der Waals surface area contributed by atoms with Gasteiger partial charge in [-0.2, -0.15) is 9.97 Å². The number of aromatic nitrogens is 5. The van der Waals surface area contributed by atoms with E-state index in [-0.39, 0.29) is 5.28 Å². The van der Waals surface area contributed by atoms with Crippen LogP contribution in [0.25, 0.3) is 56.3 Å². The SMILES string of the molecule is Clc1nc(-c2ccccc2)nc(-c2ccc(-c3nc4ccccc4nc3-c3ccccc3)cc2)n1. The zero-order chi connectivity index (χ0) is 23.6. The summed E-state index contributed by atoms with van der Waals surface area (Å²) in [5.41, 5.74) is 7.06. The highest BCUT2D eigenvalue weighted by Gasteiger charge is 2.14. The van der Waals surface area contributed by atoms with Crippen LogP contribution in [0.2, 0.25) is 5.28 Å². The van der Waals surface area contributed by atoms with Gasteiger partial charge in [-0.25, -0.2) is 15.0 Å². The Morgan fingerprint density at radius 2 is 0.771 bits per heavy atom. The fourth-order valence-electron chi connectivity index (χ4n) is 3.97. The van der Waals surface area contributed by atoms with Crippen LogP contribution in [-0.2, 0) is 0 Å². The lowest BCUT2D eigenvalue weighted by Gasteiger charge is -2.11. The number of halogens is 1. The molecule has 0 atom stereocenters. The van der Waals surface area contributed by atoms with E-state index in [1.165, 1.54) is 0 Å². The van der Waals surface area contributed by atoms with Crippen molar-refractivity contribution in [1.82, 2.24) is 24.9 Å². The molecule has 0 fully saturated rings. The molecule has 0 aliphatic heterocycles. The monoisotopic (exact) mass is 471 g/mol. The Labute approximate surface area is 207 Å². The van der Waals surface area contributed by atoms with Crippen LogP contribution >= 0.6 is 11.6 Å². The van der Waals surface area contributed by atoms with Gasteiger partial charge >= 0.3 is 0 Å². The summed E-state index contributed by atoms with van der Waals surface area (Å²) < 4.78 is 0. The van der Waals surface area contributed by atoms with Gasteiger partial charge in [0.2, 0.25) is 5.28 Å². The van der Waals surface area contributed by atoms with Crippen molar-refractivity contribution in [3.05, 3.63) is 114 Å². The maximum absolute atomic E-state index is 6.24. The highest BCUT2D eigenvalue weighted by Crippen LogP contribution is 2.32. The lowest BCUT2D eigenvalue weighted by atomic mass is 10.0. The minimum atomic E-state index is 0.157. The maximum atomic E-state index is 6.24. The standard InChI is InChI=1S/C29H18ClN5/c30-29-34-27(21-11-5-2-6-12-21)33-28(35-29)22-17-15-20(16-18-22)26-25(19-9-3-1-4-10-19)31-23-13-7-8-14-24(23)32-26/h1-18H. The van der Waals surface area contributed by atoms with E-state index >= 15 is 0 Å². The lowest BCUT2D eigenvalue weighted by molar-refractivity contribution is 1.07. The predicted molar refractivity (Wildman–Crippen MR) is 140 cm³/mol. The molecule has 2 aromatic heterocycles. The molecule has 6 heteroatoms. The third-order valence-corrected chi connectivity index (χ3v) is 5.84. The van der Waals surface area contributed by atoms with Crippen molar-refractivity contribution in [3.63, 3.8) is 0 Å². The van der Waals surface area contributed by atoms with E-state index in [1.807, 2.05) is 97.1 Å². The van der Waals surface area contributed by atoms with E-state index in [9.17, 15) is 0 Å². The third kappa shape index (κ3) is 4.25. The molecule has 0 bridgehead atoms. The van der Waals surface area contributed by atoms with Crippen molar-refractivity contribution in [3.8, 4) is 45.3 Å². The summed E-state index contributed by atoms with van der Waals surface area (Å²) in [7, 11) is 0. The summed E-state index contributed by atoms with van der Waals surface area (Å²) >= 11 is 6.24. The van der Waals surface area contributed by atoms with Gasteiger partial charge in [0.05, 0.1) is 22.4 Å². The molecular formula is C29H18ClN5. The highest BCUT2D eigenvalue weighted by molar-refractivity contribution is 6.28. The van der Waals surface area contributed by atoms with Crippen LogP contribution in [0, 0.1) is 0 Å². The molecule has 166 valence electrons. The van der Waals surface area contributed by atoms with Crippen molar-refractivity contribution in [2.75, 3.05) is 0 Å². The lowest BCUT2D eigenvalue weighted by Crippen LogP contribution is -1.98. The number of hydrogen-bond donors (Lipinski definition) is 0. The second-order valence-corrected chi connectivity index (χ2v) is 8.31. The van der Waals surface area contributed by atoms with Crippen molar-refractivity contribution in [1.29, 1.82) is 0 Å². The molecule has 0 aliphatic rings. The van der Waals surface area contributed by atoms with E-state index in [1.54, 1.807) is 0 Å². The number of benzene rings is 4. The minimum absolute atomic E-state index is 0.157. The summed E-state index contributed by atoms with van der Waals surface area (Å²) in [5, 5.41) is 0.157. The molecular weight excluding hydrogens is 454 g/mol. The molecule has 5 nitrogen and oxygen atoms in total. The summed E-state index contributed by atoms with van der Waals surface area (Å²) in [5.74, 6) is 1.06. The molecule has 0 saturated carbocycles. The number of nitrogens with zero attached hydrogens (tertiary/aromatic N) is 5. The van der Waals surface area contributed by atoms with Gasteiger partial charge in [-0.3, -0.25) is 0 Å². The molecule has 0 amide bonds. The Morgan fingerprint density at radius 1 is 0.371 bits per heavy atom. The Hall–Kier alpha value is -4.48. The number of para-hydroxylation sites is 2. The average molecular weight is 472 g/mol. The van der Waals surface area contributed by atoms with E-state index < -0.39 is 0 Å². The van der Waals surface area contributed by atoms with Crippen molar-refractivity contribution in [2.24, 2.45) is 0 Å². The predicted octanol–water partition coefficient (Wildman–Crippen LogP) is 7.14. The molecule has 0 aliphatic carbocycles. The highest BCUT2D eigenvalue weighted by atomic mass is 35.5. The normalized spacial score (nSPS) is 11.0. The molecule has 6 aromatic rings. The Balaban J connectivity index is 1.44. The molecule has 0 spiro atoms. The van der Waals surface area contributed by atoms with Gasteiger partial charge in [0, 0.05) is 22.3 Å². The Kier molecular flexibility index (Phi) is 5.45. The van der Waals surface area contributed by atoms with Crippen LogP contribution < -0.4 is 0 Å². The summed E-state index contributed by atoms with van der Waals surface area (Å²) in [6.07, 6.45) is 0. The molecule has 0 saturated heterocycles. The molecule has 2 heterocycles. The Morgan fingerprint density at radius 3 is 1.31 bits per heavy atom. The fraction of sp³-hybridized carbons (Fsp3) is 0. The number of rotatable bonds is 4. The second-order valence-electron chi connectivity index (χ2n) is 7.97. The second kappa shape index (κ2) is 9.05. The van der Waals surface area contributed by atoms with E-state index in [0.717, 1.165) is 44.7 Å². The first-order chi connectivity index (χ1) is 17.2. The zero-order valence-electron chi connectivity index (χ0n) is 18.5. The average Bonchev–Trinajstić information content (AvgIpc) is 2.93. The van der Waals surface area contributed by atoms with Crippen molar-refractivity contribution < 1.29 is 0 Å². The first-order valence-corrected chi connectivity index (χ1v) is 11.5. The van der Waals surface area contributed by atoms with E-state index in [2.05, 4.69) is 27.1 Å². The van der Waals surface area contributed by atoms with Gasteiger partial charge in [-0.1, -0.05) is 97.1 Å². The first kappa shape index (κ1) is 21.1. The number of fused-ring (bicyclic) bond motifs is 1. The summed E-state index contributed by atoms with van der Waals surface area (Å²) in [4.78, 5) is 23.2. The van der Waals surface area contributed by atoms with Crippen LogP contribution in [0.1, 0.15) is 0 Å². The molecule has 0 radical (unpaired) electrons. The van der Waals surface area contributed by atoms with Crippen LogP contribution in [0.3, 0.4) is 0 Å². The fourth-order valence-corrected chi connectivity index (χ4v) is 4.13. The van der Waals surface area contributed by atoms with Crippen LogP contribution in [0.15, 0.2) is 109 Å². The number of hydrogen-bond acceptors (Lipinski definition) is 5. The van der Waals surface area contributed by atoms with Crippen LogP contribution in [0.4, 0.5) is 0 Å². The first-order valence-electron chi connectivity index (χ1n) is 11.1. The smallest absolute Gasteiger partial charge is 0.226 e. The summed E-state index contributed by atoms with van der Waals surface area (Å²) in [6.45, 7) is 0. The topological polar surface area (TPSA) is 64.5 Å².